The summed E-state index contributed by atoms with van der Waals surface area (Å²) in [5, 5.41) is 3.77. The highest BCUT2D eigenvalue weighted by Crippen LogP contribution is 2.38. The quantitative estimate of drug-likeness (QED) is 0.504. The highest BCUT2D eigenvalue weighted by Gasteiger charge is 2.40. The number of nitrogens with one attached hydrogen (secondary N) is 1. The van der Waals surface area contributed by atoms with Crippen LogP contribution in [0.1, 0.15) is 11.1 Å². The minimum atomic E-state index is -0.387. The maximum atomic E-state index is 13.3. The molecule has 30 heavy (non-hydrogen) atoms. The highest BCUT2D eigenvalue weighted by molar-refractivity contribution is 8.04. The molecule has 1 N–H and O–H groups in total. The summed E-state index contributed by atoms with van der Waals surface area (Å²) in [6.07, 6.45) is 0. The van der Waals surface area contributed by atoms with Gasteiger partial charge in [0, 0.05) is 15.6 Å². The summed E-state index contributed by atoms with van der Waals surface area (Å²) in [4.78, 5) is 29.1. The van der Waals surface area contributed by atoms with Crippen molar-refractivity contribution in [2.24, 2.45) is 0 Å². The van der Waals surface area contributed by atoms with Gasteiger partial charge >= 0.3 is 0 Å². The van der Waals surface area contributed by atoms with Crippen LogP contribution < -0.4 is 10.2 Å². The van der Waals surface area contributed by atoms with Crippen LogP contribution >= 0.6 is 23.4 Å². The van der Waals surface area contributed by atoms with Crippen molar-refractivity contribution in [3.05, 3.63) is 99.5 Å². The zero-order chi connectivity index (χ0) is 21.3. The number of halogens is 1. The van der Waals surface area contributed by atoms with Crippen LogP contribution in [-0.2, 0) is 9.59 Å². The number of imide groups is 1. The van der Waals surface area contributed by atoms with Crippen molar-refractivity contribution >= 4 is 46.6 Å². The molecule has 0 unspecified atom stereocenters. The molecule has 0 spiro atoms. The third kappa shape index (κ3) is 3.86. The molecule has 3 aromatic rings. The number of anilines is 2. The molecule has 1 aliphatic heterocycles. The molecule has 0 aliphatic carbocycles. The van der Waals surface area contributed by atoms with Gasteiger partial charge in [-0.2, -0.15) is 0 Å². The topological polar surface area (TPSA) is 49.4 Å². The van der Waals surface area contributed by atoms with Crippen LogP contribution in [0.3, 0.4) is 0 Å². The van der Waals surface area contributed by atoms with E-state index in [1.807, 2.05) is 62.4 Å². The number of carbonyl (C=O) groups excluding carboxylic acids is 2. The molecule has 4 nitrogen and oxygen atoms in total. The minimum absolute atomic E-state index is 0.275. The molecule has 0 radical (unpaired) electrons. The zero-order valence-electron chi connectivity index (χ0n) is 16.5. The van der Waals surface area contributed by atoms with E-state index in [9.17, 15) is 9.59 Å². The first-order chi connectivity index (χ1) is 14.5. The van der Waals surface area contributed by atoms with Gasteiger partial charge in [0.05, 0.1) is 5.69 Å². The summed E-state index contributed by atoms with van der Waals surface area (Å²) in [6, 6.07) is 22.0. The van der Waals surface area contributed by atoms with Crippen LogP contribution in [0.15, 0.2) is 88.3 Å². The zero-order valence-corrected chi connectivity index (χ0v) is 18.1. The van der Waals surface area contributed by atoms with Gasteiger partial charge in [-0.3, -0.25) is 9.59 Å². The van der Waals surface area contributed by atoms with E-state index in [-0.39, 0.29) is 17.5 Å². The van der Waals surface area contributed by atoms with E-state index < -0.39 is 0 Å². The summed E-state index contributed by atoms with van der Waals surface area (Å²) in [7, 11) is 0. The summed E-state index contributed by atoms with van der Waals surface area (Å²) in [5.74, 6) is -0.745. The van der Waals surface area contributed by atoms with Gasteiger partial charge in [0.15, 0.2) is 0 Å². The Morgan fingerprint density at radius 2 is 1.53 bits per heavy atom. The molecule has 6 heteroatoms. The molecule has 0 saturated carbocycles. The fraction of sp³-hybridized carbons (Fsp3) is 0.0833. The van der Waals surface area contributed by atoms with Gasteiger partial charge in [-0.15, -0.1) is 0 Å². The maximum Gasteiger partial charge on any atom is 0.283 e. The van der Waals surface area contributed by atoms with Gasteiger partial charge in [-0.05, 0) is 67.4 Å². The van der Waals surface area contributed by atoms with Gasteiger partial charge in [0.2, 0.25) is 0 Å². The Morgan fingerprint density at radius 1 is 0.833 bits per heavy atom. The van der Waals surface area contributed by atoms with Crippen molar-refractivity contribution in [2.75, 3.05) is 10.2 Å². The Labute approximate surface area is 184 Å². The molecule has 0 atom stereocenters. The highest BCUT2D eigenvalue weighted by atomic mass is 35.5. The lowest BCUT2D eigenvalue weighted by atomic mass is 10.1. The summed E-state index contributed by atoms with van der Waals surface area (Å²) < 4.78 is 0. The fourth-order valence-corrected chi connectivity index (χ4v) is 4.24. The average molecular weight is 435 g/mol. The molecule has 3 aromatic carbocycles. The second-order valence-electron chi connectivity index (χ2n) is 6.91. The molecule has 1 heterocycles. The van der Waals surface area contributed by atoms with E-state index in [4.69, 9.17) is 11.6 Å². The van der Waals surface area contributed by atoms with Crippen LogP contribution in [0, 0.1) is 13.8 Å². The molecule has 0 aromatic heterocycles. The van der Waals surface area contributed by atoms with Crippen LogP contribution in [0.4, 0.5) is 11.4 Å². The molecule has 0 fully saturated rings. The van der Waals surface area contributed by atoms with Crippen LogP contribution in [0.5, 0.6) is 0 Å². The number of benzene rings is 3. The van der Waals surface area contributed by atoms with E-state index in [0.717, 1.165) is 21.7 Å². The van der Waals surface area contributed by atoms with Crippen LogP contribution in [-0.4, -0.2) is 11.8 Å². The Hall–Kier alpha value is -3.02. The predicted molar refractivity (Wildman–Crippen MR) is 123 cm³/mol. The number of rotatable bonds is 5. The Bertz CT molecular complexity index is 1160. The summed E-state index contributed by atoms with van der Waals surface area (Å²) >= 11 is 7.26. The smallest absolute Gasteiger partial charge is 0.283 e. The standard InChI is InChI=1S/C24H19ClN2O2S/c1-15-7-6-10-20(16(15)2)26-21-22(30-19-8-4-3-5-9-19)24(29)27(23(21)28)18-13-11-17(25)12-14-18/h3-14,26H,1-2H3. The van der Waals surface area contributed by atoms with Crippen LogP contribution in [0.25, 0.3) is 0 Å². The summed E-state index contributed by atoms with van der Waals surface area (Å²) in [6.45, 7) is 4.00. The second-order valence-corrected chi connectivity index (χ2v) is 8.43. The average Bonchev–Trinajstić information content (AvgIpc) is 2.97. The van der Waals surface area contributed by atoms with Crippen molar-refractivity contribution in [2.45, 2.75) is 18.7 Å². The third-order valence-electron chi connectivity index (χ3n) is 4.95. The Morgan fingerprint density at radius 3 is 2.23 bits per heavy atom. The lowest BCUT2D eigenvalue weighted by Gasteiger charge is -2.16. The Kier molecular flexibility index (Phi) is 5.66. The number of hydrogen-bond donors (Lipinski definition) is 1. The molecule has 0 bridgehead atoms. The van der Waals surface area contributed by atoms with Gasteiger partial charge in [-0.1, -0.05) is 53.7 Å². The number of amides is 2. The molecule has 2 amide bonds. The predicted octanol–water partition coefficient (Wildman–Crippen LogP) is 5.95. The van der Waals surface area contributed by atoms with Gasteiger partial charge < -0.3 is 5.32 Å². The van der Waals surface area contributed by atoms with E-state index >= 15 is 0 Å². The van der Waals surface area contributed by atoms with Crippen molar-refractivity contribution < 1.29 is 9.59 Å². The normalized spacial score (nSPS) is 13.9. The molecule has 1 aliphatic rings. The lowest BCUT2D eigenvalue weighted by molar-refractivity contribution is -0.120. The minimum Gasteiger partial charge on any atom is -0.350 e. The molecule has 4 rings (SSSR count). The van der Waals surface area contributed by atoms with E-state index in [2.05, 4.69) is 5.32 Å². The second kappa shape index (κ2) is 8.38. The fourth-order valence-electron chi connectivity index (χ4n) is 3.17. The van der Waals surface area contributed by atoms with Gasteiger partial charge in [0.1, 0.15) is 10.6 Å². The van der Waals surface area contributed by atoms with Crippen molar-refractivity contribution in [1.29, 1.82) is 0 Å². The van der Waals surface area contributed by atoms with Gasteiger partial charge in [0.25, 0.3) is 11.8 Å². The molecule has 0 saturated heterocycles. The molecular formula is C24H19ClN2O2S. The lowest BCUT2D eigenvalue weighted by Crippen LogP contribution is -2.32. The molecule has 150 valence electrons. The monoisotopic (exact) mass is 434 g/mol. The maximum absolute atomic E-state index is 13.3. The van der Waals surface area contributed by atoms with Crippen molar-refractivity contribution in [3.63, 3.8) is 0 Å². The van der Waals surface area contributed by atoms with Gasteiger partial charge in [-0.25, -0.2) is 4.90 Å². The first-order valence-electron chi connectivity index (χ1n) is 9.40. The number of nitrogens with zero attached hydrogens (tertiary/aromatic N) is 1. The third-order valence-corrected chi connectivity index (χ3v) is 6.30. The molecular weight excluding hydrogens is 416 g/mol. The largest absolute Gasteiger partial charge is 0.350 e. The first-order valence-corrected chi connectivity index (χ1v) is 10.6. The SMILES string of the molecule is Cc1cccc(NC2=C(Sc3ccccc3)C(=O)N(c3ccc(Cl)cc3)C2=O)c1C. The number of hydrogen-bond acceptors (Lipinski definition) is 4. The van der Waals surface area contributed by atoms with E-state index in [1.54, 1.807) is 24.3 Å². The van der Waals surface area contributed by atoms with E-state index in [0.29, 0.717) is 15.6 Å². The van der Waals surface area contributed by atoms with Crippen molar-refractivity contribution in [1.82, 2.24) is 0 Å². The number of thioether (sulfide) groups is 1. The summed E-state index contributed by atoms with van der Waals surface area (Å²) in [5.41, 5.74) is 3.69. The Balaban J connectivity index is 1.77. The van der Waals surface area contributed by atoms with Crippen LogP contribution in [0.2, 0.25) is 5.02 Å². The number of carbonyl (C=O) groups is 2. The first kappa shape index (κ1) is 20.3. The number of aryl methyl sites for hydroxylation is 1. The van der Waals surface area contributed by atoms with Crippen molar-refractivity contribution in [3.8, 4) is 0 Å². The van der Waals surface area contributed by atoms with E-state index in [1.165, 1.54) is 16.7 Å².